The highest BCUT2D eigenvalue weighted by Crippen LogP contribution is 2.61. The van der Waals surface area contributed by atoms with Gasteiger partial charge in [0, 0.05) is 28.8 Å². The lowest BCUT2D eigenvalue weighted by atomic mass is 9.75. The van der Waals surface area contributed by atoms with Crippen molar-refractivity contribution in [1.82, 2.24) is 4.90 Å². The number of carbonyl (C=O) groups is 3. The molecule has 0 aromatic heterocycles. The SMILES string of the molecule is Cc1c(Cl)ccc2c1NC(=O)[C@]21[C@H]2C(=O)N(c3cccc([N+](=O)[O-])c3)C(=O)[C@@H]2[C@H]2CCCN21. The second-order valence-electron chi connectivity index (χ2n) is 9.01. The Morgan fingerprint density at radius 2 is 1.97 bits per heavy atom. The largest absolute Gasteiger partial charge is 0.324 e. The van der Waals surface area contributed by atoms with E-state index in [0.717, 1.165) is 11.3 Å². The fraction of sp³-hybridized carbons (Fsp3) is 0.348. The van der Waals surface area contributed by atoms with Crippen molar-refractivity contribution in [2.75, 3.05) is 16.8 Å². The Morgan fingerprint density at radius 3 is 2.73 bits per heavy atom. The van der Waals surface area contributed by atoms with E-state index in [1.807, 2.05) is 11.8 Å². The van der Waals surface area contributed by atoms with Crippen LogP contribution in [0.25, 0.3) is 0 Å². The Kier molecular flexibility index (Phi) is 4.07. The third-order valence-corrected chi connectivity index (χ3v) is 8.07. The number of nitrogens with zero attached hydrogens (tertiary/aromatic N) is 3. The van der Waals surface area contributed by atoms with Crippen molar-refractivity contribution in [2.45, 2.75) is 31.3 Å². The number of anilines is 2. The molecule has 6 rings (SSSR count). The number of carbonyl (C=O) groups excluding carboxylic acids is 3. The van der Waals surface area contributed by atoms with Crippen LogP contribution in [0.15, 0.2) is 36.4 Å². The number of fused-ring (bicyclic) bond motifs is 7. The van der Waals surface area contributed by atoms with Crippen molar-refractivity contribution < 1.29 is 19.3 Å². The Labute approximate surface area is 193 Å². The molecule has 3 fully saturated rings. The van der Waals surface area contributed by atoms with Crippen LogP contribution in [0, 0.1) is 28.9 Å². The molecule has 3 saturated heterocycles. The zero-order valence-corrected chi connectivity index (χ0v) is 18.3. The second-order valence-corrected chi connectivity index (χ2v) is 9.42. The van der Waals surface area contributed by atoms with Gasteiger partial charge in [0.15, 0.2) is 0 Å². The Bertz CT molecular complexity index is 1300. The fourth-order valence-electron chi connectivity index (χ4n) is 6.39. The van der Waals surface area contributed by atoms with Gasteiger partial charge in [-0.05, 0) is 44.0 Å². The Hall–Kier alpha value is -3.30. The van der Waals surface area contributed by atoms with Crippen molar-refractivity contribution in [3.05, 3.63) is 62.7 Å². The lowest BCUT2D eigenvalue weighted by Crippen LogP contribution is -2.54. The van der Waals surface area contributed by atoms with Crippen LogP contribution < -0.4 is 10.2 Å². The van der Waals surface area contributed by atoms with E-state index in [1.54, 1.807) is 12.1 Å². The summed E-state index contributed by atoms with van der Waals surface area (Å²) in [5.41, 5.74) is 0.601. The first-order valence-corrected chi connectivity index (χ1v) is 11.2. The van der Waals surface area contributed by atoms with E-state index >= 15 is 0 Å². The third kappa shape index (κ3) is 2.33. The summed E-state index contributed by atoms with van der Waals surface area (Å²) in [7, 11) is 0. The molecule has 33 heavy (non-hydrogen) atoms. The number of amides is 3. The minimum Gasteiger partial charge on any atom is -0.324 e. The summed E-state index contributed by atoms with van der Waals surface area (Å²) in [6.45, 7) is 2.41. The van der Waals surface area contributed by atoms with Crippen LogP contribution in [0.1, 0.15) is 24.0 Å². The topological polar surface area (TPSA) is 113 Å². The molecule has 4 aliphatic rings. The van der Waals surface area contributed by atoms with Gasteiger partial charge in [0.25, 0.3) is 5.69 Å². The maximum atomic E-state index is 13.9. The molecule has 9 nitrogen and oxygen atoms in total. The van der Waals surface area contributed by atoms with Gasteiger partial charge in [-0.25, -0.2) is 4.90 Å². The fourth-order valence-corrected chi connectivity index (χ4v) is 6.55. The van der Waals surface area contributed by atoms with Crippen LogP contribution in [0.3, 0.4) is 0 Å². The highest BCUT2D eigenvalue weighted by atomic mass is 35.5. The molecular formula is C23H19ClN4O5. The zero-order chi connectivity index (χ0) is 23.2. The monoisotopic (exact) mass is 466 g/mol. The van der Waals surface area contributed by atoms with Crippen LogP contribution in [0.2, 0.25) is 5.02 Å². The molecule has 4 aliphatic heterocycles. The molecule has 3 amide bonds. The van der Waals surface area contributed by atoms with Gasteiger partial charge in [0.05, 0.1) is 28.1 Å². The first kappa shape index (κ1) is 20.3. The van der Waals surface area contributed by atoms with E-state index in [2.05, 4.69) is 5.32 Å². The van der Waals surface area contributed by atoms with Gasteiger partial charge in [-0.1, -0.05) is 23.7 Å². The minimum absolute atomic E-state index is 0.152. The molecule has 10 heteroatoms. The van der Waals surface area contributed by atoms with E-state index in [4.69, 9.17) is 11.6 Å². The summed E-state index contributed by atoms with van der Waals surface area (Å²) in [6.07, 6.45) is 1.50. The smallest absolute Gasteiger partial charge is 0.271 e. The molecule has 0 unspecified atom stereocenters. The predicted molar refractivity (Wildman–Crippen MR) is 119 cm³/mol. The quantitative estimate of drug-likeness (QED) is 0.413. The van der Waals surface area contributed by atoms with Crippen molar-refractivity contribution in [2.24, 2.45) is 11.8 Å². The first-order chi connectivity index (χ1) is 15.8. The van der Waals surface area contributed by atoms with Crippen LogP contribution in [0.4, 0.5) is 17.1 Å². The number of nitro benzene ring substituents is 1. The molecule has 0 bridgehead atoms. The maximum absolute atomic E-state index is 13.9. The molecule has 2 aromatic rings. The molecule has 1 spiro atoms. The molecule has 168 valence electrons. The number of hydrogen-bond acceptors (Lipinski definition) is 6. The van der Waals surface area contributed by atoms with Gasteiger partial charge in [-0.2, -0.15) is 0 Å². The molecular weight excluding hydrogens is 448 g/mol. The average molecular weight is 467 g/mol. The van der Waals surface area contributed by atoms with Gasteiger partial charge >= 0.3 is 0 Å². The van der Waals surface area contributed by atoms with Crippen molar-refractivity contribution in [3.8, 4) is 0 Å². The van der Waals surface area contributed by atoms with E-state index in [0.29, 0.717) is 34.8 Å². The Balaban J connectivity index is 1.55. The van der Waals surface area contributed by atoms with Crippen LogP contribution in [-0.4, -0.2) is 40.1 Å². The van der Waals surface area contributed by atoms with Crippen LogP contribution in [0.5, 0.6) is 0 Å². The first-order valence-electron chi connectivity index (χ1n) is 10.8. The van der Waals surface area contributed by atoms with Gasteiger partial charge in [-0.3, -0.25) is 29.4 Å². The van der Waals surface area contributed by atoms with E-state index < -0.39 is 34.1 Å². The second kappa shape index (κ2) is 6.61. The van der Waals surface area contributed by atoms with E-state index in [9.17, 15) is 24.5 Å². The molecule has 0 saturated carbocycles. The average Bonchev–Trinajstić information content (AvgIpc) is 3.49. The third-order valence-electron chi connectivity index (χ3n) is 7.66. The molecule has 0 radical (unpaired) electrons. The lowest BCUT2D eigenvalue weighted by Gasteiger charge is -2.36. The van der Waals surface area contributed by atoms with Crippen molar-refractivity contribution in [3.63, 3.8) is 0 Å². The van der Waals surface area contributed by atoms with Gasteiger partial charge in [0.1, 0.15) is 5.54 Å². The predicted octanol–water partition coefficient (Wildman–Crippen LogP) is 2.99. The normalized spacial score (nSPS) is 30.1. The summed E-state index contributed by atoms with van der Waals surface area (Å²) < 4.78 is 0. The number of benzene rings is 2. The van der Waals surface area contributed by atoms with E-state index in [1.165, 1.54) is 24.3 Å². The minimum atomic E-state index is -1.31. The van der Waals surface area contributed by atoms with Crippen LogP contribution in [-0.2, 0) is 19.9 Å². The summed E-state index contributed by atoms with van der Waals surface area (Å²) in [6, 6.07) is 8.72. The van der Waals surface area contributed by atoms with Crippen molar-refractivity contribution in [1.29, 1.82) is 0 Å². The number of rotatable bonds is 2. The summed E-state index contributed by atoms with van der Waals surface area (Å²) >= 11 is 6.30. The highest BCUT2D eigenvalue weighted by Gasteiger charge is 2.74. The number of nitro groups is 1. The summed E-state index contributed by atoms with van der Waals surface area (Å²) in [5, 5.41) is 14.7. The summed E-state index contributed by atoms with van der Waals surface area (Å²) in [5.74, 6) is -2.87. The number of hydrogen-bond donors (Lipinski definition) is 1. The van der Waals surface area contributed by atoms with E-state index in [-0.39, 0.29) is 23.3 Å². The van der Waals surface area contributed by atoms with Gasteiger partial charge < -0.3 is 5.32 Å². The molecule has 0 aliphatic carbocycles. The number of non-ortho nitro benzene ring substituents is 1. The van der Waals surface area contributed by atoms with Gasteiger partial charge in [-0.15, -0.1) is 0 Å². The zero-order valence-electron chi connectivity index (χ0n) is 17.6. The number of nitrogens with one attached hydrogen (secondary N) is 1. The lowest BCUT2D eigenvalue weighted by molar-refractivity contribution is -0.384. The standard InChI is InChI=1S/C23H19ClN4O5/c1-11-15(24)8-7-14-19(11)25-22(31)23(14)18-17(16-6-3-9-26(16)23)20(29)27(21(18)30)12-4-2-5-13(10-12)28(32)33/h2,4-5,7-8,10,16-18H,3,6,9H2,1H3,(H,25,31)/t16-,17-,18-,23-/m1/s1. The van der Waals surface area contributed by atoms with Crippen molar-refractivity contribution >= 4 is 46.4 Å². The molecule has 4 heterocycles. The number of imide groups is 1. The van der Waals surface area contributed by atoms with Crippen LogP contribution >= 0.6 is 11.6 Å². The highest BCUT2D eigenvalue weighted by molar-refractivity contribution is 6.32. The number of halogens is 1. The summed E-state index contributed by atoms with van der Waals surface area (Å²) in [4.78, 5) is 55.0. The molecule has 2 aromatic carbocycles. The Morgan fingerprint density at radius 1 is 1.18 bits per heavy atom. The van der Waals surface area contributed by atoms with Gasteiger partial charge in [0.2, 0.25) is 17.7 Å². The molecule has 1 N–H and O–H groups in total. The molecule has 4 atom stereocenters. The maximum Gasteiger partial charge on any atom is 0.271 e.